The number of benzene rings is 2. The van der Waals surface area contributed by atoms with Gasteiger partial charge in [0.15, 0.2) is 0 Å². The van der Waals surface area contributed by atoms with Gasteiger partial charge in [-0.3, -0.25) is 19.2 Å². The summed E-state index contributed by atoms with van der Waals surface area (Å²) in [5.74, 6) is -0.772. The third-order valence-electron chi connectivity index (χ3n) is 5.48. The zero-order valence-corrected chi connectivity index (χ0v) is 19.4. The molecule has 0 unspecified atom stereocenters. The summed E-state index contributed by atoms with van der Waals surface area (Å²) >= 11 is 0. The number of aryl methyl sites for hydroxylation is 2. The Morgan fingerprint density at radius 3 is 2.46 bits per heavy atom. The van der Waals surface area contributed by atoms with E-state index in [1.165, 1.54) is 19.1 Å². The number of hydrogen-bond donors (Lipinski definition) is 2. The summed E-state index contributed by atoms with van der Waals surface area (Å²) in [4.78, 5) is 24.0. The van der Waals surface area contributed by atoms with Gasteiger partial charge in [0.25, 0.3) is 5.91 Å². The highest BCUT2D eigenvalue weighted by Crippen LogP contribution is 2.32. The molecule has 7 nitrogen and oxygen atoms in total. The lowest BCUT2D eigenvalue weighted by atomic mass is 10.0. The van der Waals surface area contributed by atoms with Crippen molar-refractivity contribution in [2.45, 2.75) is 33.1 Å². The van der Waals surface area contributed by atoms with Gasteiger partial charge in [-0.25, -0.2) is 4.39 Å². The van der Waals surface area contributed by atoms with E-state index in [1.807, 2.05) is 11.7 Å². The van der Waals surface area contributed by atoms with Crippen molar-refractivity contribution >= 4 is 18.0 Å². The van der Waals surface area contributed by atoms with Gasteiger partial charge in [0.05, 0.1) is 23.4 Å². The molecule has 1 aliphatic rings. The van der Waals surface area contributed by atoms with Gasteiger partial charge in [-0.2, -0.15) is 18.3 Å². The second kappa shape index (κ2) is 10.3. The van der Waals surface area contributed by atoms with Gasteiger partial charge >= 0.3 is 6.18 Å². The van der Waals surface area contributed by atoms with E-state index in [-0.39, 0.29) is 11.5 Å². The molecule has 1 aromatic heterocycles. The first-order valence-corrected chi connectivity index (χ1v) is 10.6. The molecular formula is C24H25F4N5O2. The monoisotopic (exact) mass is 491 g/mol. The van der Waals surface area contributed by atoms with Crippen LogP contribution in [0.5, 0.6) is 0 Å². The van der Waals surface area contributed by atoms with Crippen LogP contribution in [0.1, 0.15) is 32.7 Å². The van der Waals surface area contributed by atoms with Crippen LogP contribution < -0.4 is 11.1 Å². The van der Waals surface area contributed by atoms with Crippen LogP contribution in [-0.4, -0.2) is 40.6 Å². The van der Waals surface area contributed by atoms with Crippen LogP contribution in [0.2, 0.25) is 0 Å². The first-order chi connectivity index (χ1) is 16.4. The topological polar surface area (TPSA) is 93.2 Å². The number of hydrogen-bond acceptors (Lipinski definition) is 4. The highest BCUT2D eigenvalue weighted by Gasteiger charge is 2.31. The molecule has 0 spiro atoms. The Labute approximate surface area is 199 Å². The van der Waals surface area contributed by atoms with Gasteiger partial charge in [-0.15, -0.1) is 0 Å². The second-order valence-corrected chi connectivity index (χ2v) is 8.31. The number of carbonyl (C=O) groups excluding carboxylic acids is 2. The minimum atomic E-state index is -4.38. The van der Waals surface area contributed by atoms with E-state index in [1.54, 1.807) is 19.1 Å². The van der Waals surface area contributed by atoms with Crippen molar-refractivity contribution in [3.8, 4) is 11.3 Å². The van der Waals surface area contributed by atoms with Crippen LogP contribution in [0, 0.1) is 19.7 Å². The zero-order chi connectivity index (χ0) is 25.9. The zero-order valence-electron chi connectivity index (χ0n) is 19.4. The number of halogens is 4. The fraction of sp³-hybridized carbons (Fsp3) is 0.292. The van der Waals surface area contributed by atoms with Crippen molar-refractivity contribution in [3.05, 3.63) is 70.2 Å². The summed E-state index contributed by atoms with van der Waals surface area (Å²) < 4.78 is 52.1. The van der Waals surface area contributed by atoms with Gasteiger partial charge in [-0.1, -0.05) is 0 Å². The number of rotatable bonds is 4. The molecule has 2 aromatic carbocycles. The van der Waals surface area contributed by atoms with Crippen molar-refractivity contribution in [1.82, 2.24) is 14.7 Å². The summed E-state index contributed by atoms with van der Waals surface area (Å²) in [6, 6.07) is 8.09. The van der Waals surface area contributed by atoms with Crippen LogP contribution >= 0.6 is 0 Å². The quantitative estimate of drug-likeness (QED) is 0.424. The van der Waals surface area contributed by atoms with E-state index in [4.69, 9.17) is 5.73 Å². The van der Waals surface area contributed by atoms with Crippen molar-refractivity contribution in [2.75, 3.05) is 18.9 Å². The molecule has 35 heavy (non-hydrogen) atoms. The molecule has 186 valence electrons. The molecule has 0 saturated carbocycles. The minimum absolute atomic E-state index is 0.146. The van der Waals surface area contributed by atoms with E-state index in [0.29, 0.717) is 47.4 Å². The number of nitrogens with two attached hydrogens (primary N) is 1. The third kappa shape index (κ3) is 6.04. The Bertz CT molecular complexity index is 1250. The maximum Gasteiger partial charge on any atom is 0.416 e. The van der Waals surface area contributed by atoms with E-state index in [2.05, 4.69) is 15.3 Å². The second-order valence-electron chi connectivity index (χ2n) is 8.31. The molecule has 0 bridgehead atoms. The lowest BCUT2D eigenvalue weighted by molar-refractivity contribution is -0.137. The highest BCUT2D eigenvalue weighted by atomic mass is 19.4. The molecule has 0 radical (unpaired) electrons. The largest absolute Gasteiger partial charge is 0.416 e. The fourth-order valence-electron chi connectivity index (χ4n) is 3.79. The average molecular weight is 491 g/mol. The molecule has 4 rings (SSSR count). The van der Waals surface area contributed by atoms with E-state index in [0.717, 1.165) is 24.4 Å². The van der Waals surface area contributed by atoms with Gasteiger partial charge in [-0.05, 0) is 68.4 Å². The molecule has 2 heterocycles. The Morgan fingerprint density at radius 1 is 1.14 bits per heavy atom. The van der Waals surface area contributed by atoms with Crippen molar-refractivity contribution in [3.63, 3.8) is 0 Å². The molecule has 3 N–H and O–H groups in total. The van der Waals surface area contributed by atoms with Gasteiger partial charge in [0.1, 0.15) is 11.5 Å². The third-order valence-corrected chi connectivity index (χ3v) is 5.48. The maximum absolute atomic E-state index is 13.4. The summed E-state index contributed by atoms with van der Waals surface area (Å²) in [6.45, 7) is 5.43. The van der Waals surface area contributed by atoms with Gasteiger partial charge in [0, 0.05) is 24.3 Å². The molecular weight excluding hydrogens is 466 g/mol. The SMILES string of the molecule is Cc1cc(-c2nn3c(c2C(N)=O)CN(C)CC3)ccc1F.Cc1cc(NC=O)cc(C(F)(F)F)c1. The lowest BCUT2D eigenvalue weighted by Gasteiger charge is -2.23. The van der Waals surface area contributed by atoms with Crippen LogP contribution in [0.3, 0.4) is 0 Å². The average Bonchev–Trinajstić information content (AvgIpc) is 3.14. The number of fused-ring (bicyclic) bond motifs is 1. The first kappa shape index (κ1) is 25.9. The molecule has 0 fully saturated rings. The number of likely N-dealkylation sites (N-methyl/N-ethyl adjacent to an activating group) is 1. The Balaban J connectivity index is 0.000000214. The number of anilines is 1. The predicted molar refractivity (Wildman–Crippen MR) is 123 cm³/mol. The number of nitrogens with one attached hydrogen (secondary N) is 1. The Morgan fingerprint density at radius 2 is 1.86 bits per heavy atom. The van der Waals surface area contributed by atoms with Crippen molar-refractivity contribution in [2.24, 2.45) is 5.73 Å². The number of alkyl halides is 3. The van der Waals surface area contributed by atoms with Crippen molar-refractivity contribution in [1.29, 1.82) is 0 Å². The summed E-state index contributed by atoms with van der Waals surface area (Å²) in [7, 11) is 1.99. The number of aromatic nitrogens is 2. The molecule has 3 aromatic rings. The smallest absolute Gasteiger partial charge is 0.365 e. The summed E-state index contributed by atoms with van der Waals surface area (Å²) in [5.41, 5.74) is 8.42. The minimum Gasteiger partial charge on any atom is -0.365 e. The van der Waals surface area contributed by atoms with E-state index in [9.17, 15) is 27.2 Å². The number of carbonyl (C=O) groups is 2. The lowest BCUT2D eigenvalue weighted by Crippen LogP contribution is -2.32. The molecule has 1 aliphatic heterocycles. The number of primary amides is 1. The predicted octanol–water partition coefficient (Wildman–Crippen LogP) is 4.12. The number of amides is 2. The number of nitrogens with zero attached hydrogens (tertiary/aromatic N) is 3. The van der Waals surface area contributed by atoms with Gasteiger partial charge < -0.3 is 11.1 Å². The van der Waals surface area contributed by atoms with Crippen LogP contribution in [0.25, 0.3) is 11.3 Å². The Hall–Kier alpha value is -3.73. The molecule has 0 saturated heterocycles. The molecule has 0 atom stereocenters. The van der Waals surface area contributed by atoms with Gasteiger partial charge in [0.2, 0.25) is 6.41 Å². The standard InChI is InChI=1S/C15H17FN4O.C9H8F3NO/c1-9-7-10(3-4-11(9)16)14-13(15(17)21)12-8-19(2)5-6-20(12)18-14;1-6-2-7(9(10,11)12)4-8(3-6)13-5-14/h3-4,7H,5-6,8H2,1-2H3,(H2,17,21);2-5H,1H3,(H,13,14). The van der Waals surface area contributed by atoms with E-state index < -0.39 is 17.6 Å². The molecule has 0 aliphatic carbocycles. The van der Waals surface area contributed by atoms with Crippen LogP contribution in [0.15, 0.2) is 36.4 Å². The van der Waals surface area contributed by atoms with Crippen molar-refractivity contribution < 1.29 is 27.2 Å². The molecule has 11 heteroatoms. The highest BCUT2D eigenvalue weighted by molar-refractivity contribution is 6.00. The van der Waals surface area contributed by atoms with Crippen LogP contribution in [-0.2, 0) is 24.1 Å². The van der Waals surface area contributed by atoms with E-state index >= 15 is 0 Å². The summed E-state index contributed by atoms with van der Waals surface area (Å²) in [5, 5.41) is 6.69. The molecule has 2 amide bonds. The normalized spacial score (nSPS) is 13.5. The first-order valence-electron chi connectivity index (χ1n) is 10.6. The van der Waals surface area contributed by atoms with Crippen LogP contribution in [0.4, 0.5) is 23.2 Å². The Kier molecular flexibility index (Phi) is 7.59. The fourth-order valence-corrected chi connectivity index (χ4v) is 3.79. The maximum atomic E-state index is 13.4. The summed E-state index contributed by atoms with van der Waals surface area (Å²) in [6.07, 6.45) is -4.04.